The van der Waals surface area contributed by atoms with Crippen LogP contribution in [0.5, 0.6) is 0 Å². The number of halogens is 2. The number of aromatic nitrogens is 2. The van der Waals surface area contributed by atoms with Gasteiger partial charge in [-0.25, -0.2) is 13.8 Å². The van der Waals surface area contributed by atoms with Crippen molar-refractivity contribution in [3.63, 3.8) is 0 Å². The maximum Gasteiger partial charge on any atom is 0.256 e. The van der Waals surface area contributed by atoms with Crippen LogP contribution < -0.4 is 0 Å². The second-order valence-electron chi connectivity index (χ2n) is 6.59. The number of aliphatic hydroxyl groups excluding tert-OH is 1. The molecule has 5 nitrogen and oxygen atoms in total. The van der Waals surface area contributed by atoms with E-state index in [9.17, 15) is 14.3 Å². The number of nitrogens with zero attached hydrogens (tertiary/aromatic N) is 2. The standard InChI is InChI=1S/C19H17F2N3O2/c20-13-6-14(17-16(7-13)22-11-23-17)18(26)24-8-15(19(21,9-24)10-25)12-4-2-1-3-5-12/h1-7,11,15,25H,8-10H2,(H,22,23)/t15-,19-/m0/s1. The lowest BCUT2D eigenvalue weighted by molar-refractivity contribution is 0.0576. The predicted octanol–water partition coefficient (Wildman–Crippen LogP) is 2.64. The van der Waals surface area contributed by atoms with Gasteiger partial charge in [-0.2, -0.15) is 0 Å². The molecule has 0 radical (unpaired) electrons. The topological polar surface area (TPSA) is 69.2 Å². The van der Waals surface area contributed by atoms with Gasteiger partial charge in [0.15, 0.2) is 5.67 Å². The fourth-order valence-electron chi connectivity index (χ4n) is 3.63. The summed E-state index contributed by atoms with van der Waals surface area (Å²) in [5.74, 6) is -1.73. The van der Waals surface area contributed by atoms with E-state index in [0.29, 0.717) is 16.6 Å². The summed E-state index contributed by atoms with van der Waals surface area (Å²) in [6.45, 7) is -0.857. The first-order valence-corrected chi connectivity index (χ1v) is 8.28. The number of hydrogen-bond acceptors (Lipinski definition) is 3. The maximum absolute atomic E-state index is 15.3. The summed E-state index contributed by atoms with van der Waals surface area (Å²) in [6.07, 6.45) is 1.38. The number of carbonyl (C=O) groups excluding carboxylic acids is 1. The van der Waals surface area contributed by atoms with Gasteiger partial charge in [0.1, 0.15) is 11.3 Å². The Morgan fingerprint density at radius 3 is 2.85 bits per heavy atom. The first-order valence-electron chi connectivity index (χ1n) is 8.28. The van der Waals surface area contributed by atoms with Crippen LogP contribution in [0.4, 0.5) is 8.78 Å². The van der Waals surface area contributed by atoms with E-state index in [4.69, 9.17) is 0 Å². The molecule has 0 aliphatic carbocycles. The second kappa shape index (κ2) is 6.17. The number of nitrogens with one attached hydrogen (secondary N) is 1. The van der Waals surface area contributed by atoms with Crippen LogP contribution in [0.15, 0.2) is 48.8 Å². The van der Waals surface area contributed by atoms with E-state index in [1.54, 1.807) is 24.3 Å². The Hall–Kier alpha value is -2.80. The van der Waals surface area contributed by atoms with Crippen molar-refractivity contribution in [2.45, 2.75) is 11.6 Å². The fourth-order valence-corrected chi connectivity index (χ4v) is 3.63. The molecule has 2 heterocycles. The molecule has 1 saturated heterocycles. The predicted molar refractivity (Wildman–Crippen MR) is 92.1 cm³/mol. The molecule has 2 N–H and O–H groups in total. The zero-order chi connectivity index (χ0) is 18.3. The van der Waals surface area contributed by atoms with Gasteiger partial charge in [0.25, 0.3) is 5.91 Å². The number of amides is 1. The van der Waals surface area contributed by atoms with E-state index in [2.05, 4.69) is 9.97 Å². The van der Waals surface area contributed by atoms with E-state index in [0.717, 1.165) is 6.07 Å². The molecule has 0 unspecified atom stereocenters. The van der Waals surface area contributed by atoms with Crippen LogP contribution in [0.3, 0.4) is 0 Å². The molecule has 1 aliphatic heterocycles. The van der Waals surface area contributed by atoms with Gasteiger partial charge in [-0.15, -0.1) is 0 Å². The molecule has 2 atom stereocenters. The minimum absolute atomic E-state index is 0.0789. The molecular weight excluding hydrogens is 340 g/mol. The number of hydrogen-bond donors (Lipinski definition) is 2. The van der Waals surface area contributed by atoms with Crippen LogP contribution in [0, 0.1) is 5.82 Å². The lowest BCUT2D eigenvalue weighted by Gasteiger charge is -2.23. The Kier molecular flexibility index (Phi) is 3.96. The monoisotopic (exact) mass is 357 g/mol. The number of fused-ring (bicyclic) bond motifs is 1. The Bertz CT molecular complexity index is 960. The zero-order valence-electron chi connectivity index (χ0n) is 13.8. The van der Waals surface area contributed by atoms with Crippen LogP contribution in [0.1, 0.15) is 21.8 Å². The summed E-state index contributed by atoms with van der Waals surface area (Å²) < 4.78 is 29.2. The van der Waals surface area contributed by atoms with Gasteiger partial charge in [0, 0.05) is 12.5 Å². The van der Waals surface area contributed by atoms with E-state index >= 15 is 4.39 Å². The minimum Gasteiger partial charge on any atom is -0.393 e. The van der Waals surface area contributed by atoms with Crippen molar-refractivity contribution in [3.8, 4) is 0 Å². The Labute approximate surface area is 148 Å². The summed E-state index contributed by atoms with van der Waals surface area (Å²) in [4.78, 5) is 21.1. The van der Waals surface area contributed by atoms with Crippen molar-refractivity contribution in [2.24, 2.45) is 0 Å². The summed E-state index contributed by atoms with van der Waals surface area (Å²) in [6, 6.07) is 11.3. The molecule has 1 fully saturated rings. The van der Waals surface area contributed by atoms with Crippen molar-refractivity contribution in [1.29, 1.82) is 0 Å². The molecule has 1 aliphatic rings. The number of aliphatic hydroxyl groups is 1. The van der Waals surface area contributed by atoms with Gasteiger partial charge in [-0.3, -0.25) is 4.79 Å². The average Bonchev–Trinajstić information content (AvgIpc) is 3.26. The second-order valence-corrected chi connectivity index (χ2v) is 6.59. The smallest absolute Gasteiger partial charge is 0.256 e. The van der Waals surface area contributed by atoms with E-state index in [1.807, 2.05) is 6.07 Å². The number of aromatic amines is 1. The molecule has 0 spiro atoms. The first kappa shape index (κ1) is 16.7. The Balaban J connectivity index is 1.70. The molecule has 0 bridgehead atoms. The molecule has 7 heteroatoms. The molecule has 2 aromatic carbocycles. The fraction of sp³-hybridized carbons (Fsp3) is 0.263. The normalized spacial score (nSPS) is 22.9. The first-order chi connectivity index (χ1) is 12.5. The van der Waals surface area contributed by atoms with Gasteiger partial charge in [-0.1, -0.05) is 30.3 Å². The van der Waals surface area contributed by atoms with Crippen LogP contribution in [0.2, 0.25) is 0 Å². The number of H-pyrrole nitrogens is 1. The van der Waals surface area contributed by atoms with Crippen molar-refractivity contribution in [2.75, 3.05) is 19.7 Å². The van der Waals surface area contributed by atoms with Crippen LogP contribution in [-0.4, -0.2) is 51.2 Å². The highest BCUT2D eigenvalue weighted by Crippen LogP contribution is 2.39. The van der Waals surface area contributed by atoms with Gasteiger partial charge < -0.3 is 15.0 Å². The molecule has 26 heavy (non-hydrogen) atoms. The van der Waals surface area contributed by atoms with Crippen molar-refractivity contribution in [1.82, 2.24) is 14.9 Å². The summed E-state index contributed by atoms with van der Waals surface area (Å²) in [5, 5.41) is 9.62. The SMILES string of the molecule is O=C(c1cc(F)cc2[nH]cnc12)N1C[C@@H](c2ccccc2)[C@@](F)(CO)C1. The lowest BCUT2D eigenvalue weighted by Crippen LogP contribution is -2.37. The number of imidazole rings is 1. The number of alkyl halides is 1. The number of benzene rings is 2. The largest absolute Gasteiger partial charge is 0.393 e. The Morgan fingerprint density at radius 1 is 1.35 bits per heavy atom. The molecule has 1 amide bonds. The van der Waals surface area contributed by atoms with Crippen LogP contribution >= 0.6 is 0 Å². The lowest BCUT2D eigenvalue weighted by atomic mass is 9.87. The molecule has 4 rings (SSSR count). The number of carbonyl (C=O) groups is 1. The molecule has 0 saturated carbocycles. The summed E-state index contributed by atoms with van der Waals surface area (Å²) in [5.41, 5.74) is -0.415. The highest BCUT2D eigenvalue weighted by atomic mass is 19.1. The van der Waals surface area contributed by atoms with E-state index in [1.165, 1.54) is 17.3 Å². The highest BCUT2D eigenvalue weighted by molar-refractivity contribution is 6.05. The zero-order valence-corrected chi connectivity index (χ0v) is 13.8. The number of likely N-dealkylation sites (tertiary alicyclic amines) is 1. The molecular formula is C19H17F2N3O2. The molecule has 1 aromatic heterocycles. The summed E-state index contributed by atoms with van der Waals surface area (Å²) >= 11 is 0. The molecule has 134 valence electrons. The third-order valence-electron chi connectivity index (χ3n) is 4.95. The Morgan fingerprint density at radius 2 is 2.12 bits per heavy atom. The van der Waals surface area contributed by atoms with Crippen molar-refractivity contribution in [3.05, 3.63) is 65.7 Å². The summed E-state index contributed by atoms with van der Waals surface area (Å²) in [7, 11) is 0. The van der Waals surface area contributed by atoms with Crippen LogP contribution in [0.25, 0.3) is 11.0 Å². The van der Waals surface area contributed by atoms with Gasteiger partial charge in [-0.05, 0) is 17.7 Å². The number of rotatable bonds is 3. The average molecular weight is 357 g/mol. The third-order valence-corrected chi connectivity index (χ3v) is 4.95. The van der Waals surface area contributed by atoms with Gasteiger partial charge in [0.05, 0.1) is 30.6 Å². The highest BCUT2D eigenvalue weighted by Gasteiger charge is 2.49. The minimum atomic E-state index is -1.95. The van der Waals surface area contributed by atoms with Gasteiger partial charge >= 0.3 is 0 Å². The van der Waals surface area contributed by atoms with E-state index in [-0.39, 0.29) is 18.7 Å². The quantitative estimate of drug-likeness (QED) is 0.757. The maximum atomic E-state index is 15.3. The van der Waals surface area contributed by atoms with E-state index < -0.39 is 29.9 Å². The third kappa shape index (κ3) is 2.64. The van der Waals surface area contributed by atoms with Crippen molar-refractivity contribution >= 4 is 16.9 Å². The molecule has 3 aromatic rings. The van der Waals surface area contributed by atoms with Gasteiger partial charge in [0.2, 0.25) is 0 Å². The van der Waals surface area contributed by atoms with Crippen LogP contribution in [-0.2, 0) is 0 Å². The van der Waals surface area contributed by atoms with Crippen molar-refractivity contribution < 1.29 is 18.7 Å².